The van der Waals surface area contributed by atoms with Gasteiger partial charge in [-0.15, -0.1) is 0 Å². The lowest BCUT2D eigenvalue weighted by Gasteiger charge is -2.14. The molecule has 5 nitrogen and oxygen atoms in total. The van der Waals surface area contributed by atoms with Gasteiger partial charge in [-0.05, 0) is 42.3 Å². The average Bonchev–Trinajstić information content (AvgIpc) is 2.79. The maximum Gasteiger partial charge on any atom is 0.252 e. The first-order valence-corrected chi connectivity index (χ1v) is 7.71. The van der Waals surface area contributed by atoms with Crippen LogP contribution in [0.4, 0.5) is 0 Å². The number of sulfone groups is 1. The van der Waals surface area contributed by atoms with Crippen molar-refractivity contribution in [3.63, 3.8) is 0 Å². The minimum Gasteiger partial charge on any atom is -0.276 e. The number of benzene rings is 1. The molecule has 1 aliphatic rings. The number of carbonyl (C=O) groups excluding carboxylic acids is 1. The highest BCUT2D eigenvalue weighted by Crippen LogP contribution is 2.30. The maximum atomic E-state index is 11.8. The topological polar surface area (TPSA) is 72.5 Å². The van der Waals surface area contributed by atoms with E-state index in [1.165, 1.54) is 12.1 Å². The van der Waals surface area contributed by atoms with Crippen molar-refractivity contribution in [3.05, 3.63) is 34.9 Å². The first kappa shape index (κ1) is 14.0. The lowest BCUT2D eigenvalue weighted by Crippen LogP contribution is -2.13. The zero-order valence-corrected chi connectivity index (χ0v) is 11.9. The third kappa shape index (κ3) is 2.65. The standard InChI is InChI=1S/C12H12ClNO4S/c1-7-8(12(13)15)3-4-10(19(2,16)17)11(7)9-5-6-18-14-9/h3-5,14H,6H2,1-2H3. The largest absolute Gasteiger partial charge is 0.276 e. The molecule has 7 heteroatoms. The monoisotopic (exact) mass is 301 g/mol. The smallest absolute Gasteiger partial charge is 0.252 e. The molecule has 1 heterocycles. The molecule has 102 valence electrons. The number of carbonyl (C=O) groups is 1. The Morgan fingerprint density at radius 2 is 2.11 bits per heavy atom. The lowest BCUT2D eigenvalue weighted by molar-refractivity contribution is 0.108. The molecule has 1 N–H and O–H groups in total. The van der Waals surface area contributed by atoms with Crippen LogP contribution in [0.1, 0.15) is 21.5 Å². The molecule has 0 amide bonds. The quantitative estimate of drug-likeness (QED) is 0.860. The maximum absolute atomic E-state index is 11.8. The van der Waals surface area contributed by atoms with Crippen molar-refractivity contribution >= 4 is 32.4 Å². The van der Waals surface area contributed by atoms with Crippen molar-refractivity contribution < 1.29 is 18.0 Å². The summed E-state index contributed by atoms with van der Waals surface area (Å²) in [6.07, 6.45) is 2.82. The molecule has 0 aromatic heterocycles. The van der Waals surface area contributed by atoms with Crippen LogP contribution in [-0.2, 0) is 14.7 Å². The molecule has 0 saturated carbocycles. The van der Waals surface area contributed by atoms with E-state index in [-0.39, 0.29) is 10.5 Å². The molecule has 0 atom stereocenters. The van der Waals surface area contributed by atoms with Crippen LogP contribution in [0.2, 0.25) is 0 Å². The molecule has 1 aliphatic heterocycles. The molecule has 0 saturated heterocycles. The fourth-order valence-electron chi connectivity index (χ4n) is 1.98. The summed E-state index contributed by atoms with van der Waals surface area (Å²) in [6.45, 7) is 1.98. The number of halogens is 1. The molecule has 1 aromatic carbocycles. The summed E-state index contributed by atoms with van der Waals surface area (Å²) < 4.78 is 23.7. The van der Waals surface area contributed by atoms with Gasteiger partial charge in [-0.2, -0.15) is 0 Å². The van der Waals surface area contributed by atoms with Gasteiger partial charge >= 0.3 is 0 Å². The Morgan fingerprint density at radius 3 is 2.58 bits per heavy atom. The van der Waals surface area contributed by atoms with E-state index in [0.717, 1.165) is 6.26 Å². The van der Waals surface area contributed by atoms with E-state index in [9.17, 15) is 13.2 Å². The van der Waals surface area contributed by atoms with Gasteiger partial charge in [0, 0.05) is 17.4 Å². The van der Waals surface area contributed by atoms with Crippen LogP contribution in [-0.4, -0.2) is 26.5 Å². The van der Waals surface area contributed by atoms with Crippen molar-refractivity contribution in [2.24, 2.45) is 0 Å². The zero-order valence-electron chi connectivity index (χ0n) is 10.4. The van der Waals surface area contributed by atoms with E-state index in [1.54, 1.807) is 13.0 Å². The molecular weight excluding hydrogens is 290 g/mol. The molecule has 0 spiro atoms. The number of rotatable bonds is 3. The van der Waals surface area contributed by atoms with Crippen LogP contribution in [0.3, 0.4) is 0 Å². The Labute approximate surface area is 116 Å². The van der Waals surface area contributed by atoms with Gasteiger partial charge in [0.25, 0.3) is 5.24 Å². The molecule has 0 radical (unpaired) electrons. The summed E-state index contributed by atoms with van der Waals surface area (Å²) in [6, 6.07) is 2.80. The van der Waals surface area contributed by atoms with Crippen LogP contribution >= 0.6 is 11.6 Å². The SMILES string of the molecule is Cc1c(C(=O)Cl)ccc(S(C)(=O)=O)c1C1=CCON1. The van der Waals surface area contributed by atoms with E-state index < -0.39 is 15.1 Å². The molecule has 0 fully saturated rings. The summed E-state index contributed by atoms with van der Waals surface area (Å²) in [5, 5.41) is -0.627. The highest BCUT2D eigenvalue weighted by atomic mass is 35.5. The third-order valence-corrected chi connectivity index (χ3v) is 4.20. The van der Waals surface area contributed by atoms with Crippen molar-refractivity contribution in [1.82, 2.24) is 5.48 Å². The second-order valence-corrected chi connectivity index (χ2v) is 6.52. The van der Waals surface area contributed by atoms with Gasteiger partial charge in [0.1, 0.15) is 0 Å². The number of hydrogen-bond donors (Lipinski definition) is 1. The van der Waals surface area contributed by atoms with Crippen LogP contribution in [0.25, 0.3) is 5.70 Å². The Morgan fingerprint density at radius 1 is 1.42 bits per heavy atom. The molecular formula is C12H12ClNO4S. The van der Waals surface area contributed by atoms with Crippen LogP contribution < -0.4 is 5.48 Å². The van der Waals surface area contributed by atoms with Crippen molar-refractivity contribution in [2.75, 3.05) is 12.9 Å². The predicted octanol–water partition coefficient (Wildman–Crippen LogP) is 1.65. The number of nitrogens with one attached hydrogen (secondary N) is 1. The Hall–Kier alpha value is -1.37. The lowest BCUT2D eigenvalue weighted by atomic mass is 10.0. The molecule has 0 bridgehead atoms. The second kappa shape index (κ2) is 4.96. The highest BCUT2D eigenvalue weighted by molar-refractivity contribution is 7.90. The van der Waals surface area contributed by atoms with Gasteiger partial charge in [0.05, 0.1) is 17.2 Å². The van der Waals surface area contributed by atoms with Crippen molar-refractivity contribution in [3.8, 4) is 0 Å². The highest BCUT2D eigenvalue weighted by Gasteiger charge is 2.23. The van der Waals surface area contributed by atoms with Crippen LogP contribution in [0.5, 0.6) is 0 Å². The Kier molecular flexibility index (Phi) is 3.66. The van der Waals surface area contributed by atoms with Gasteiger partial charge < -0.3 is 0 Å². The fraction of sp³-hybridized carbons (Fsp3) is 0.250. The van der Waals surface area contributed by atoms with Crippen molar-refractivity contribution in [2.45, 2.75) is 11.8 Å². The average molecular weight is 302 g/mol. The minimum atomic E-state index is -3.43. The third-order valence-electron chi connectivity index (χ3n) is 2.86. The number of hydroxylamine groups is 1. The zero-order chi connectivity index (χ0) is 14.2. The van der Waals surface area contributed by atoms with E-state index >= 15 is 0 Å². The normalized spacial score (nSPS) is 15.0. The van der Waals surface area contributed by atoms with Gasteiger partial charge in [0.15, 0.2) is 9.84 Å². The summed E-state index contributed by atoms with van der Waals surface area (Å²) in [5.74, 6) is 0. The van der Waals surface area contributed by atoms with Gasteiger partial charge in [-0.3, -0.25) is 15.1 Å². The first-order valence-electron chi connectivity index (χ1n) is 5.44. The van der Waals surface area contributed by atoms with Gasteiger partial charge in [0.2, 0.25) is 0 Å². The van der Waals surface area contributed by atoms with E-state index in [4.69, 9.17) is 16.4 Å². The Bertz CT molecular complexity index is 679. The van der Waals surface area contributed by atoms with Gasteiger partial charge in [-0.25, -0.2) is 8.42 Å². The molecule has 2 rings (SSSR count). The minimum absolute atomic E-state index is 0.135. The molecule has 1 aromatic rings. The summed E-state index contributed by atoms with van der Waals surface area (Å²) in [7, 11) is -3.43. The Balaban J connectivity index is 2.77. The summed E-state index contributed by atoms with van der Waals surface area (Å²) in [5.41, 5.74) is 4.37. The first-order chi connectivity index (χ1) is 8.82. The predicted molar refractivity (Wildman–Crippen MR) is 71.5 cm³/mol. The summed E-state index contributed by atoms with van der Waals surface area (Å²) in [4.78, 5) is 16.5. The van der Waals surface area contributed by atoms with Crippen LogP contribution in [0, 0.1) is 6.92 Å². The molecule has 0 aliphatic carbocycles. The molecule has 0 unspecified atom stereocenters. The van der Waals surface area contributed by atoms with Crippen molar-refractivity contribution in [1.29, 1.82) is 0 Å². The second-order valence-electron chi connectivity index (χ2n) is 4.19. The number of hydrogen-bond acceptors (Lipinski definition) is 5. The van der Waals surface area contributed by atoms with Gasteiger partial charge in [-0.1, -0.05) is 0 Å². The van der Waals surface area contributed by atoms with E-state index in [1.807, 2.05) is 0 Å². The summed E-state index contributed by atoms with van der Waals surface area (Å²) >= 11 is 5.49. The van der Waals surface area contributed by atoms with E-state index in [0.29, 0.717) is 23.4 Å². The van der Waals surface area contributed by atoms with E-state index in [2.05, 4.69) is 5.48 Å². The van der Waals surface area contributed by atoms with Crippen LogP contribution in [0.15, 0.2) is 23.1 Å². The molecule has 19 heavy (non-hydrogen) atoms. The fourth-order valence-corrected chi connectivity index (χ4v) is 3.14.